The highest BCUT2D eigenvalue weighted by molar-refractivity contribution is 7.88. The first kappa shape index (κ1) is 17.6. The van der Waals surface area contributed by atoms with Crippen LogP contribution in [-0.4, -0.2) is 51.9 Å². The molecule has 1 aromatic carbocycles. The van der Waals surface area contributed by atoms with Crippen LogP contribution in [0.1, 0.15) is 18.5 Å². The fourth-order valence-electron chi connectivity index (χ4n) is 2.60. The van der Waals surface area contributed by atoms with Crippen LogP contribution >= 0.6 is 11.6 Å². The fourth-order valence-corrected chi connectivity index (χ4v) is 3.35. The van der Waals surface area contributed by atoms with Gasteiger partial charge in [0.25, 0.3) is 0 Å². The average Bonchev–Trinajstić information content (AvgIpc) is 2.41. The molecule has 0 aliphatic carbocycles. The van der Waals surface area contributed by atoms with E-state index in [1.54, 1.807) is 6.07 Å². The third-order valence-corrected chi connectivity index (χ3v) is 4.61. The molecule has 0 amide bonds. The molecule has 0 radical (unpaired) electrons. The zero-order valence-corrected chi connectivity index (χ0v) is 14.1. The first-order chi connectivity index (χ1) is 10.3. The Kier molecular flexibility index (Phi) is 5.79. The van der Waals surface area contributed by atoms with Gasteiger partial charge in [0.05, 0.1) is 25.0 Å². The summed E-state index contributed by atoms with van der Waals surface area (Å²) in [4.78, 5) is 2.00. The van der Waals surface area contributed by atoms with Gasteiger partial charge in [-0.25, -0.2) is 17.5 Å². The third kappa shape index (κ3) is 4.63. The number of sulfonamides is 1. The first-order valence-corrected chi connectivity index (χ1v) is 9.29. The molecule has 124 valence electrons. The van der Waals surface area contributed by atoms with E-state index in [1.807, 2.05) is 11.8 Å². The molecule has 0 unspecified atom stereocenters. The smallest absolute Gasteiger partial charge is 0.208 e. The van der Waals surface area contributed by atoms with Crippen LogP contribution in [0.25, 0.3) is 0 Å². The Morgan fingerprint density at radius 3 is 2.86 bits per heavy atom. The molecule has 1 aromatic rings. The van der Waals surface area contributed by atoms with Crippen LogP contribution in [0.5, 0.6) is 0 Å². The highest BCUT2D eigenvalue weighted by Gasteiger charge is 2.29. The zero-order valence-electron chi connectivity index (χ0n) is 12.6. The average molecular weight is 351 g/mol. The normalized spacial score (nSPS) is 21.7. The Morgan fingerprint density at radius 2 is 2.27 bits per heavy atom. The van der Waals surface area contributed by atoms with Crippen LogP contribution in [0.2, 0.25) is 5.02 Å². The molecular weight excluding hydrogens is 331 g/mol. The van der Waals surface area contributed by atoms with E-state index in [0.717, 1.165) is 6.26 Å². The second-order valence-electron chi connectivity index (χ2n) is 5.45. The number of hydrogen-bond acceptors (Lipinski definition) is 4. The summed E-state index contributed by atoms with van der Waals surface area (Å²) in [5.74, 6) is -0.438. The molecule has 0 bridgehead atoms. The molecule has 8 heteroatoms. The molecule has 1 fully saturated rings. The highest BCUT2D eigenvalue weighted by atomic mass is 35.5. The molecule has 0 saturated carbocycles. The number of halogens is 2. The largest absolute Gasteiger partial charge is 0.376 e. The Labute approximate surface area is 135 Å². The number of morpholine rings is 1. The maximum Gasteiger partial charge on any atom is 0.208 e. The topological polar surface area (TPSA) is 58.6 Å². The minimum absolute atomic E-state index is 0.0000302. The maximum atomic E-state index is 14.3. The minimum Gasteiger partial charge on any atom is -0.376 e. The van der Waals surface area contributed by atoms with E-state index in [-0.39, 0.29) is 12.6 Å². The van der Waals surface area contributed by atoms with E-state index in [9.17, 15) is 12.8 Å². The zero-order chi connectivity index (χ0) is 16.3. The van der Waals surface area contributed by atoms with Crippen molar-refractivity contribution in [2.75, 3.05) is 32.5 Å². The lowest BCUT2D eigenvalue weighted by atomic mass is 10.0. The third-order valence-electron chi connectivity index (χ3n) is 3.59. The molecule has 22 heavy (non-hydrogen) atoms. The second-order valence-corrected chi connectivity index (χ2v) is 7.69. The Morgan fingerprint density at radius 1 is 1.55 bits per heavy atom. The fraction of sp³-hybridized carbons (Fsp3) is 0.571. The van der Waals surface area contributed by atoms with Crippen molar-refractivity contribution in [3.63, 3.8) is 0 Å². The summed E-state index contributed by atoms with van der Waals surface area (Å²) in [6.45, 7) is 3.68. The summed E-state index contributed by atoms with van der Waals surface area (Å²) in [6, 6.07) is 4.00. The van der Waals surface area contributed by atoms with Gasteiger partial charge in [0.1, 0.15) is 5.82 Å². The lowest BCUT2D eigenvalue weighted by molar-refractivity contribution is -0.0342. The summed E-state index contributed by atoms with van der Waals surface area (Å²) in [7, 11) is -3.38. The lowest BCUT2D eigenvalue weighted by Crippen LogP contribution is -2.46. The van der Waals surface area contributed by atoms with E-state index < -0.39 is 21.9 Å². The van der Waals surface area contributed by atoms with E-state index in [0.29, 0.717) is 30.3 Å². The van der Waals surface area contributed by atoms with Crippen molar-refractivity contribution < 1.29 is 17.5 Å². The monoisotopic (exact) mass is 350 g/mol. The van der Waals surface area contributed by atoms with E-state index in [2.05, 4.69) is 4.72 Å². The number of nitrogens with zero attached hydrogens (tertiary/aromatic N) is 1. The summed E-state index contributed by atoms with van der Waals surface area (Å²) < 4.78 is 45.0. The van der Waals surface area contributed by atoms with Crippen LogP contribution < -0.4 is 4.72 Å². The Balaban J connectivity index is 2.32. The van der Waals surface area contributed by atoms with E-state index >= 15 is 0 Å². The molecule has 0 aromatic heterocycles. The van der Waals surface area contributed by atoms with Crippen molar-refractivity contribution >= 4 is 21.6 Å². The highest BCUT2D eigenvalue weighted by Crippen LogP contribution is 2.31. The number of nitrogens with one attached hydrogen (secondary N) is 1. The number of rotatable bonds is 5. The van der Waals surface area contributed by atoms with Crippen molar-refractivity contribution in [2.24, 2.45) is 0 Å². The van der Waals surface area contributed by atoms with Gasteiger partial charge in [-0.15, -0.1) is 0 Å². The summed E-state index contributed by atoms with van der Waals surface area (Å²) in [6.07, 6.45) is 1.08. The van der Waals surface area contributed by atoms with E-state index in [1.165, 1.54) is 12.1 Å². The van der Waals surface area contributed by atoms with E-state index in [4.69, 9.17) is 16.3 Å². The van der Waals surface area contributed by atoms with Gasteiger partial charge >= 0.3 is 0 Å². The molecule has 5 nitrogen and oxygen atoms in total. The Bertz CT molecular complexity index is 606. The van der Waals surface area contributed by atoms with Crippen molar-refractivity contribution in [3.05, 3.63) is 34.6 Å². The molecule has 1 N–H and O–H groups in total. The molecule has 1 aliphatic rings. The van der Waals surface area contributed by atoms with Crippen LogP contribution in [-0.2, 0) is 14.8 Å². The van der Waals surface area contributed by atoms with Crippen molar-refractivity contribution in [2.45, 2.75) is 19.1 Å². The second kappa shape index (κ2) is 7.23. The van der Waals surface area contributed by atoms with Crippen molar-refractivity contribution in [3.8, 4) is 0 Å². The van der Waals surface area contributed by atoms with Gasteiger partial charge in [-0.2, -0.15) is 0 Å². The predicted octanol–water partition coefficient (Wildman–Crippen LogP) is 1.79. The standard InChI is InChI=1S/C14H20ClFN2O3S/c1-10-9-18(6-7-21-10)13(8-17-22(2,19)20)14-11(15)4-3-5-12(14)16/h3-5,10,13,17H,6-9H2,1-2H3/t10-,13+/m0/s1. The van der Waals surface area contributed by atoms with Gasteiger partial charge in [0.2, 0.25) is 10.0 Å². The van der Waals surface area contributed by atoms with Crippen LogP contribution in [0.4, 0.5) is 4.39 Å². The van der Waals surface area contributed by atoms with Crippen LogP contribution in [0.3, 0.4) is 0 Å². The minimum atomic E-state index is -3.38. The van der Waals surface area contributed by atoms with Gasteiger partial charge in [0.15, 0.2) is 0 Å². The molecule has 2 atom stereocenters. The summed E-state index contributed by atoms with van der Waals surface area (Å²) in [5, 5.41) is 0.291. The van der Waals surface area contributed by atoms with Gasteiger partial charge in [-0.3, -0.25) is 4.90 Å². The molecular formula is C14H20ClFN2O3S. The lowest BCUT2D eigenvalue weighted by Gasteiger charge is -2.37. The van der Waals surface area contributed by atoms with Gasteiger partial charge in [0, 0.05) is 30.2 Å². The maximum absolute atomic E-state index is 14.3. The van der Waals surface area contributed by atoms with Gasteiger partial charge in [-0.1, -0.05) is 17.7 Å². The summed E-state index contributed by atoms with van der Waals surface area (Å²) >= 11 is 6.15. The predicted molar refractivity (Wildman–Crippen MR) is 84.0 cm³/mol. The number of hydrogen-bond donors (Lipinski definition) is 1. The van der Waals surface area contributed by atoms with Crippen LogP contribution in [0.15, 0.2) is 18.2 Å². The van der Waals surface area contributed by atoms with Crippen molar-refractivity contribution in [1.82, 2.24) is 9.62 Å². The summed E-state index contributed by atoms with van der Waals surface area (Å²) in [5.41, 5.74) is 0.314. The quantitative estimate of drug-likeness (QED) is 0.879. The molecule has 2 rings (SSSR count). The van der Waals surface area contributed by atoms with Crippen molar-refractivity contribution in [1.29, 1.82) is 0 Å². The van der Waals surface area contributed by atoms with Gasteiger partial charge < -0.3 is 4.74 Å². The molecule has 1 heterocycles. The number of ether oxygens (including phenoxy) is 1. The molecule has 1 aliphatic heterocycles. The molecule has 1 saturated heterocycles. The SMILES string of the molecule is C[C@H]1CN([C@H](CNS(C)(=O)=O)c2c(F)cccc2Cl)CCO1. The first-order valence-electron chi connectivity index (χ1n) is 7.02. The van der Waals surface area contributed by atoms with Gasteiger partial charge in [-0.05, 0) is 19.1 Å². The Hall–Kier alpha value is -0.730. The van der Waals surface area contributed by atoms with Crippen LogP contribution in [0, 0.1) is 5.82 Å². The molecule has 0 spiro atoms. The number of benzene rings is 1.